The first-order valence-electron chi connectivity index (χ1n) is 8.68. The maximum Gasteiger partial charge on any atom is 0.353 e. The highest BCUT2D eigenvalue weighted by Gasteiger charge is 2.24. The topological polar surface area (TPSA) is 119 Å². The van der Waals surface area contributed by atoms with Crippen LogP contribution in [0.4, 0.5) is 28.7 Å². The predicted molar refractivity (Wildman–Crippen MR) is 109 cm³/mol. The van der Waals surface area contributed by atoms with Gasteiger partial charge in [0.2, 0.25) is 11.6 Å². The highest BCUT2D eigenvalue weighted by Crippen LogP contribution is 2.34. The van der Waals surface area contributed by atoms with Crippen molar-refractivity contribution in [3.63, 3.8) is 0 Å². The zero-order chi connectivity index (χ0) is 21.0. The van der Waals surface area contributed by atoms with Crippen molar-refractivity contribution in [3.8, 4) is 0 Å². The van der Waals surface area contributed by atoms with Crippen LogP contribution >= 0.6 is 0 Å². The zero-order valence-electron chi connectivity index (χ0n) is 16.1. The molecule has 2 N–H and O–H groups in total. The predicted octanol–water partition coefficient (Wildman–Crippen LogP) is 4.28. The molecule has 9 nitrogen and oxygen atoms in total. The largest absolute Gasteiger partial charge is 0.465 e. The molecule has 1 heterocycles. The Hall–Kier alpha value is -4.01. The van der Waals surface area contributed by atoms with Gasteiger partial charge in [-0.25, -0.2) is 14.8 Å². The fraction of sp³-hybridized carbons (Fsp3) is 0.150. The molecule has 0 amide bonds. The smallest absolute Gasteiger partial charge is 0.353 e. The number of nitrogens with zero attached hydrogens (tertiary/aromatic N) is 3. The van der Waals surface area contributed by atoms with Crippen LogP contribution in [0, 0.1) is 24.0 Å². The van der Waals surface area contributed by atoms with Crippen molar-refractivity contribution in [2.75, 3.05) is 17.7 Å². The Morgan fingerprint density at radius 1 is 1.03 bits per heavy atom. The van der Waals surface area contributed by atoms with Gasteiger partial charge < -0.3 is 15.4 Å². The Balaban J connectivity index is 1.94. The van der Waals surface area contributed by atoms with Gasteiger partial charge in [-0.1, -0.05) is 12.1 Å². The molecule has 0 saturated heterocycles. The van der Waals surface area contributed by atoms with Gasteiger partial charge in [0.25, 0.3) is 0 Å². The number of anilines is 4. The molecular formula is C20H19N5O4. The van der Waals surface area contributed by atoms with E-state index in [4.69, 9.17) is 0 Å². The summed E-state index contributed by atoms with van der Waals surface area (Å²) < 4.78 is 4.66. The van der Waals surface area contributed by atoms with Gasteiger partial charge in [-0.05, 0) is 55.3 Å². The second-order valence-electron chi connectivity index (χ2n) is 6.24. The Bertz CT molecular complexity index is 1070. The Kier molecular flexibility index (Phi) is 5.68. The van der Waals surface area contributed by atoms with Crippen molar-refractivity contribution in [1.82, 2.24) is 9.97 Å². The van der Waals surface area contributed by atoms with E-state index in [9.17, 15) is 14.9 Å². The van der Waals surface area contributed by atoms with E-state index in [-0.39, 0.29) is 17.3 Å². The number of rotatable bonds is 6. The van der Waals surface area contributed by atoms with Gasteiger partial charge in [-0.15, -0.1) is 0 Å². The molecule has 9 heteroatoms. The molecule has 3 rings (SSSR count). The second kappa shape index (κ2) is 8.34. The summed E-state index contributed by atoms with van der Waals surface area (Å²) in [6.45, 7) is 3.88. The molecule has 0 fully saturated rings. The summed E-state index contributed by atoms with van der Waals surface area (Å²) in [6, 6.07) is 12.0. The summed E-state index contributed by atoms with van der Waals surface area (Å²) in [6.07, 6.45) is 1.24. The first-order valence-corrected chi connectivity index (χ1v) is 8.68. The van der Waals surface area contributed by atoms with E-state index >= 15 is 0 Å². The SMILES string of the molecule is COC(=O)c1ccc(Nc2ncnc(Nc3cccc(C)c3C)c2[N+](=O)[O-])cc1. The molecule has 0 bridgehead atoms. The van der Waals surface area contributed by atoms with E-state index in [0.29, 0.717) is 11.3 Å². The van der Waals surface area contributed by atoms with Gasteiger partial charge in [-0.3, -0.25) is 10.1 Å². The van der Waals surface area contributed by atoms with Crippen LogP contribution in [0.2, 0.25) is 0 Å². The molecule has 0 aliphatic carbocycles. The number of esters is 1. The summed E-state index contributed by atoms with van der Waals surface area (Å²) in [4.78, 5) is 30.8. The van der Waals surface area contributed by atoms with Gasteiger partial charge in [-0.2, -0.15) is 0 Å². The van der Waals surface area contributed by atoms with Crippen LogP contribution in [-0.4, -0.2) is 28.0 Å². The van der Waals surface area contributed by atoms with E-state index in [1.165, 1.54) is 13.4 Å². The third-order valence-electron chi connectivity index (χ3n) is 4.43. The van der Waals surface area contributed by atoms with Crippen molar-refractivity contribution in [1.29, 1.82) is 0 Å². The van der Waals surface area contributed by atoms with Gasteiger partial charge >= 0.3 is 11.7 Å². The summed E-state index contributed by atoms with van der Waals surface area (Å²) in [5.74, 6) is -0.361. The van der Waals surface area contributed by atoms with Crippen LogP contribution in [0.1, 0.15) is 21.5 Å². The Labute approximate surface area is 166 Å². The van der Waals surface area contributed by atoms with Crippen molar-refractivity contribution in [3.05, 3.63) is 75.6 Å². The van der Waals surface area contributed by atoms with Crippen molar-refractivity contribution >= 4 is 34.7 Å². The minimum Gasteiger partial charge on any atom is -0.465 e. The number of aryl methyl sites for hydroxylation is 1. The minimum atomic E-state index is -0.543. The average molecular weight is 393 g/mol. The molecule has 0 aliphatic rings. The van der Waals surface area contributed by atoms with Crippen molar-refractivity contribution < 1.29 is 14.5 Å². The number of carbonyl (C=O) groups is 1. The van der Waals surface area contributed by atoms with Crippen molar-refractivity contribution in [2.24, 2.45) is 0 Å². The fourth-order valence-electron chi connectivity index (χ4n) is 2.69. The lowest BCUT2D eigenvalue weighted by Crippen LogP contribution is -2.06. The van der Waals surface area contributed by atoms with Crippen LogP contribution in [-0.2, 0) is 4.74 Å². The number of methoxy groups -OCH3 is 1. The minimum absolute atomic E-state index is 0.0311. The number of ether oxygens (including phenoxy) is 1. The van der Waals surface area contributed by atoms with Crippen LogP contribution in [0.25, 0.3) is 0 Å². The molecule has 2 aromatic carbocycles. The van der Waals surface area contributed by atoms with Gasteiger partial charge in [0.05, 0.1) is 17.6 Å². The first kappa shape index (κ1) is 19.7. The monoisotopic (exact) mass is 393 g/mol. The van der Waals surface area contributed by atoms with E-state index in [0.717, 1.165) is 16.8 Å². The molecule has 0 aliphatic heterocycles. The molecule has 0 radical (unpaired) electrons. The average Bonchev–Trinajstić information content (AvgIpc) is 2.71. The Morgan fingerprint density at radius 3 is 2.31 bits per heavy atom. The number of hydrogen-bond acceptors (Lipinski definition) is 8. The molecule has 0 spiro atoms. The summed E-state index contributed by atoms with van der Waals surface area (Å²) >= 11 is 0. The first-order chi connectivity index (χ1) is 13.9. The number of carbonyl (C=O) groups excluding carboxylic acids is 1. The molecule has 0 atom stereocenters. The lowest BCUT2D eigenvalue weighted by molar-refractivity contribution is -0.383. The molecule has 1 aromatic heterocycles. The highest BCUT2D eigenvalue weighted by atomic mass is 16.6. The number of nitro groups is 1. The summed E-state index contributed by atoms with van der Waals surface area (Å²) in [5.41, 5.74) is 3.35. The van der Waals surface area contributed by atoms with E-state index < -0.39 is 10.9 Å². The van der Waals surface area contributed by atoms with Gasteiger partial charge in [0.1, 0.15) is 6.33 Å². The van der Waals surface area contributed by atoms with Crippen LogP contribution < -0.4 is 10.6 Å². The molecule has 0 unspecified atom stereocenters. The van der Waals surface area contributed by atoms with Crippen LogP contribution in [0.5, 0.6) is 0 Å². The van der Waals surface area contributed by atoms with Gasteiger partial charge in [0.15, 0.2) is 0 Å². The molecule has 29 heavy (non-hydrogen) atoms. The maximum atomic E-state index is 11.7. The quantitative estimate of drug-likeness (QED) is 0.362. The number of hydrogen-bond donors (Lipinski definition) is 2. The van der Waals surface area contributed by atoms with Crippen molar-refractivity contribution in [2.45, 2.75) is 13.8 Å². The lowest BCUT2D eigenvalue weighted by Gasteiger charge is -2.13. The third kappa shape index (κ3) is 4.29. The zero-order valence-corrected chi connectivity index (χ0v) is 16.1. The molecule has 148 valence electrons. The molecule has 0 saturated carbocycles. The standard InChI is InChI=1S/C20H19N5O4/c1-12-5-4-6-16(13(12)2)24-19-17(25(27)28)18(21-11-22-19)23-15-9-7-14(8-10-15)20(26)29-3/h4-11H,1-3H3,(H2,21,22,23,24). The summed E-state index contributed by atoms with van der Waals surface area (Å²) in [5, 5.41) is 17.7. The Morgan fingerprint density at radius 2 is 1.69 bits per heavy atom. The summed E-state index contributed by atoms with van der Waals surface area (Å²) in [7, 11) is 1.29. The van der Waals surface area contributed by atoms with Crippen LogP contribution in [0.3, 0.4) is 0 Å². The number of nitrogens with one attached hydrogen (secondary N) is 2. The molecular weight excluding hydrogens is 374 g/mol. The second-order valence-corrected chi connectivity index (χ2v) is 6.24. The van der Waals surface area contributed by atoms with Gasteiger partial charge in [0, 0.05) is 11.4 Å². The number of aromatic nitrogens is 2. The normalized spacial score (nSPS) is 10.3. The van der Waals surface area contributed by atoms with E-state index in [1.54, 1.807) is 24.3 Å². The van der Waals surface area contributed by atoms with E-state index in [2.05, 4.69) is 25.3 Å². The lowest BCUT2D eigenvalue weighted by atomic mass is 10.1. The third-order valence-corrected chi connectivity index (χ3v) is 4.43. The fourth-order valence-corrected chi connectivity index (χ4v) is 2.69. The highest BCUT2D eigenvalue weighted by molar-refractivity contribution is 5.90. The number of benzene rings is 2. The van der Waals surface area contributed by atoms with Crippen LogP contribution in [0.15, 0.2) is 48.8 Å². The molecule has 3 aromatic rings. The van der Waals surface area contributed by atoms with E-state index in [1.807, 2.05) is 32.0 Å². The maximum absolute atomic E-state index is 11.7.